The molecular weight excluding hydrogens is 224 g/mol. The molecule has 1 heterocycles. The van der Waals surface area contributed by atoms with Crippen molar-refractivity contribution in [3.8, 4) is 0 Å². The van der Waals surface area contributed by atoms with Crippen molar-refractivity contribution in [3.63, 3.8) is 0 Å². The number of likely N-dealkylation sites (N-methyl/N-ethyl adjacent to an activating group) is 1. The van der Waals surface area contributed by atoms with Crippen LogP contribution < -0.4 is 0 Å². The lowest BCUT2D eigenvalue weighted by Crippen LogP contribution is -2.47. The van der Waals surface area contributed by atoms with Gasteiger partial charge < -0.3 is 9.80 Å². The third-order valence-corrected chi connectivity index (χ3v) is 4.85. The third-order valence-electron chi connectivity index (χ3n) is 4.85. The van der Waals surface area contributed by atoms with Crippen LogP contribution in [0.25, 0.3) is 0 Å². The van der Waals surface area contributed by atoms with Crippen LogP contribution in [0.5, 0.6) is 0 Å². The van der Waals surface area contributed by atoms with Crippen LogP contribution in [0.4, 0.5) is 0 Å². The number of Topliss-reactive ketones (excluding diaryl/α,β-unsaturated/α-hetero) is 1. The van der Waals surface area contributed by atoms with Gasteiger partial charge in [-0.05, 0) is 45.1 Å². The van der Waals surface area contributed by atoms with Crippen LogP contribution in [0.3, 0.4) is 0 Å². The number of ketones is 1. The molecule has 0 radical (unpaired) electrons. The standard InChI is InChI=1S/C15H28N2O/c1-3-16-8-10-17(11-9-16)12-14-4-6-15(7-5-14)13(2)18/h14-15H,3-12H2,1-2H3. The largest absolute Gasteiger partial charge is 0.301 e. The van der Waals surface area contributed by atoms with Crippen molar-refractivity contribution in [1.29, 1.82) is 0 Å². The molecule has 0 aromatic heterocycles. The fraction of sp³-hybridized carbons (Fsp3) is 0.933. The minimum Gasteiger partial charge on any atom is -0.301 e. The summed E-state index contributed by atoms with van der Waals surface area (Å²) in [5.41, 5.74) is 0. The van der Waals surface area contributed by atoms with Gasteiger partial charge in [-0.3, -0.25) is 4.79 Å². The van der Waals surface area contributed by atoms with Crippen molar-refractivity contribution in [2.24, 2.45) is 11.8 Å². The van der Waals surface area contributed by atoms with Crippen LogP contribution in [0, 0.1) is 11.8 Å². The minimum atomic E-state index is 0.373. The first-order chi connectivity index (χ1) is 8.69. The molecule has 2 fully saturated rings. The van der Waals surface area contributed by atoms with Gasteiger partial charge in [-0.25, -0.2) is 0 Å². The van der Waals surface area contributed by atoms with E-state index in [2.05, 4.69) is 16.7 Å². The second-order valence-corrected chi connectivity index (χ2v) is 6.06. The number of carbonyl (C=O) groups excluding carboxylic acids is 1. The lowest BCUT2D eigenvalue weighted by Gasteiger charge is -2.37. The summed E-state index contributed by atoms with van der Waals surface area (Å²) < 4.78 is 0. The highest BCUT2D eigenvalue weighted by molar-refractivity contribution is 5.78. The maximum absolute atomic E-state index is 11.3. The van der Waals surface area contributed by atoms with Crippen molar-refractivity contribution < 1.29 is 4.79 Å². The van der Waals surface area contributed by atoms with Crippen LogP contribution in [0.1, 0.15) is 39.5 Å². The molecule has 2 aliphatic rings. The average molecular weight is 252 g/mol. The van der Waals surface area contributed by atoms with Crippen LogP contribution in [0.2, 0.25) is 0 Å². The Kier molecular flexibility index (Phi) is 5.19. The highest BCUT2D eigenvalue weighted by atomic mass is 16.1. The van der Waals surface area contributed by atoms with E-state index >= 15 is 0 Å². The molecule has 0 aromatic rings. The molecule has 3 nitrogen and oxygen atoms in total. The zero-order valence-corrected chi connectivity index (χ0v) is 12.0. The van der Waals surface area contributed by atoms with Crippen LogP contribution in [-0.4, -0.2) is 54.9 Å². The van der Waals surface area contributed by atoms with Gasteiger partial charge in [-0.1, -0.05) is 6.92 Å². The first-order valence-electron chi connectivity index (χ1n) is 7.64. The SMILES string of the molecule is CCN1CCN(CC2CCC(C(C)=O)CC2)CC1. The number of hydrogen-bond donors (Lipinski definition) is 0. The molecule has 1 aliphatic heterocycles. The summed E-state index contributed by atoms with van der Waals surface area (Å²) in [6.45, 7) is 11.4. The van der Waals surface area contributed by atoms with Gasteiger partial charge in [-0.2, -0.15) is 0 Å². The summed E-state index contributed by atoms with van der Waals surface area (Å²) in [5, 5.41) is 0. The van der Waals surface area contributed by atoms with Crippen molar-refractivity contribution in [1.82, 2.24) is 9.80 Å². The number of nitrogens with zero attached hydrogens (tertiary/aromatic N) is 2. The van der Waals surface area contributed by atoms with E-state index in [1.165, 1.54) is 52.1 Å². The predicted octanol–water partition coefficient (Wildman–Crippen LogP) is 2.02. The first-order valence-corrected chi connectivity index (χ1v) is 7.64. The number of hydrogen-bond acceptors (Lipinski definition) is 3. The van der Waals surface area contributed by atoms with Crippen molar-refractivity contribution in [2.75, 3.05) is 39.3 Å². The highest BCUT2D eigenvalue weighted by Gasteiger charge is 2.26. The predicted molar refractivity (Wildman–Crippen MR) is 74.7 cm³/mol. The smallest absolute Gasteiger partial charge is 0.132 e. The maximum atomic E-state index is 11.3. The maximum Gasteiger partial charge on any atom is 0.132 e. The Morgan fingerprint density at radius 1 is 1.00 bits per heavy atom. The van der Waals surface area contributed by atoms with Crippen molar-refractivity contribution in [3.05, 3.63) is 0 Å². The number of piperazine rings is 1. The molecular formula is C15H28N2O. The van der Waals surface area contributed by atoms with E-state index < -0.39 is 0 Å². The summed E-state index contributed by atoms with van der Waals surface area (Å²) >= 11 is 0. The van der Waals surface area contributed by atoms with E-state index in [-0.39, 0.29) is 0 Å². The van der Waals surface area contributed by atoms with Gasteiger partial charge in [-0.15, -0.1) is 0 Å². The first kappa shape index (κ1) is 14.0. The molecule has 0 spiro atoms. The molecule has 0 bridgehead atoms. The fourth-order valence-corrected chi connectivity index (χ4v) is 3.40. The van der Waals surface area contributed by atoms with Gasteiger partial charge in [0.15, 0.2) is 0 Å². The summed E-state index contributed by atoms with van der Waals surface area (Å²) in [4.78, 5) is 16.5. The average Bonchev–Trinajstić information content (AvgIpc) is 2.40. The molecule has 1 saturated heterocycles. The summed E-state index contributed by atoms with van der Waals surface area (Å²) in [6, 6.07) is 0. The van der Waals surface area contributed by atoms with E-state index in [0.717, 1.165) is 18.8 Å². The molecule has 0 aromatic carbocycles. The Balaban J connectivity index is 1.67. The molecule has 0 atom stereocenters. The van der Waals surface area contributed by atoms with Gasteiger partial charge in [0.05, 0.1) is 0 Å². The molecule has 1 saturated carbocycles. The van der Waals surface area contributed by atoms with Crippen LogP contribution in [0.15, 0.2) is 0 Å². The van der Waals surface area contributed by atoms with E-state index in [1.807, 2.05) is 0 Å². The lowest BCUT2D eigenvalue weighted by molar-refractivity contribution is -0.121. The van der Waals surface area contributed by atoms with Gasteiger partial charge >= 0.3 is 0 Å². The zero-order valence-electron chi connectivity index (χ0n) is 12.0. The topological polar surface area (TPSA) is 23.6 Å². The van der Waals surface area contributed by atoms with Gasteiger partial charge in [0.2, 0.25) is 0 Å². The second kappa shape index (κ2) is 6.67. The molecule has 104 valence electrons. The third kappa shape index (κ3) is 3.79. The molecule has 2 rings (SSSR count). The molecule has 0 N–H and O–H groups in total. The normalized spacial score (nSPS) is 31.4. The Hall–Kier alpha value is -0.410. The summed E-state index contributed by atoms with van der Waals surface area (Å²) in [5.74, 6) is 1.62. The highest BCUT2D eigenvalue weighted by Crippen LogP contribution is 2.30. The van der Waals surface area contributed by atoms with Crippen LogP contribution in [-0.2, 0) is 4.79 Å². The Morgan fingerprint density at radius 3 is 2.06 bits per heavy atom. The summed E-state index contributed by atoms with van der Waals surface area (Å²) in [6.07, 6.45) is 4.79. The monoisotopic (exact) mass is 252 g/mol. The van der Waals surface area contributed by atoms with Gasteiger partial charge in [0.1, 0.15) is 5.78 Å². The van der Waals surface area contributed by atoms with E-state index in [0.29, 0.717) is 11.7 Å². The summed E-state index contributed by atoms with van der Waals surface area (Å²) in [7, 11) is 0. The minimum absolute atomic E-state index is 0.373. The molecule has 0 amide bonds. The molecule has 0 unspecified atom stereocenters. The number of rotatable bonds is 4. The van der Waals surface area contributed by atoms with Gasteiger partial charge in [0, 0.05) is 38.6 Å². The van der Waals surface area contributed by atoms with Crippen LogP contribution >= 0.6 is 0 Å². The van der Waals surface area contributed by atoms with E-state index in [1.54, 1.807) is 6.92 Å². The zero-order chi connectivity index (χ0) is 13.0. The molecule has 1 aliphatic carbocycles. The van der Waals surface area contributed by atoms with Crippen molar-refractivity contribution in [2.45, 2.75) is 39.5 Å². The van der Waals surface area contributed by atoms with Crippen molar-refractivity contribution >= 4 is 5.78 Å². The Morgan fingerprint density at radius 2 is 1.56 bits per heavy atom. The number of carbonyl (C=O) groups is 1. The Labute approximate surface area is 112 Å². The Bertz CT molecular complexity index is 264. The van der Waals surface area contributed by atoms with E-state index in [9.17, 15) is 4.79 Å². The fourth-order valence-electron chi connectivity index (χ4n) is 3.40. The quantitative estimate of drug-likeness (QED) is 0.765. The van der Waals surface area contributed by atoms with E-state index in [4.69, 9.17) is 0 Å². The second-order valence-electron chi connectivity index (χ2n) is 6.06. The molecule has 3 heteroatoms. The molecule has 18 heavy (non-hydrogen) atoms. The lowest BCUT2D eigenvalue weighted by atomic mass is 9.80. The van der Waals surface area contributed by atoms with Gasteiger partial charge in [0.25, 0.3) is 0 Å².